The molecule has 0 fully saturated rings. The van der Waals surface area contributed by atoms with E-state index in [1.807, 2.05) is 14.1 Å². The molecule has 0 aliphatic heterocycles. The highest BCUT2D eigenvalue weighted by Crippen LogP contribution is 2.23. The zero-order chi connectivity index (χ0) is 16.5. The van der Waals surface area contributed by atoms with Crippen LogP contribution in [0.15, 0.2) is 22.6 Å². The number of aliphatic hydroxyl groups is 1. The number of rotatable bonds is 4. The molecule has 0 aliphatic carbocycles. The lowest BCUT2D eigenvalue weighted by Gasteiger charge is -2.25. The Morgan fingerprint density at radius 1 is 1.36 bits per heavy atom. The second kappa shape index (κ2) is 5.84. The summed E-state index contributed by atoms with van der Waals surface area (Å²) < 4.78 is 5.56. The third-order valence-corrected chi connectivity index (χ3v) is 2.98. The molecule has 2 amide bonds. The largest absolute Gasteiger partial charge is 0.423 e. The van der Waals surface area contributed by atoms with Crippen LogP contribution in [0.25, 0.3) is 11.1 Å². The third-order valence-electron chi connectivity index (χ3n) is 2.98. The fourth-order valence-corrected chi connectivity index (χ4v) is 2.06. The van der Waals surface area contributed by atoms with Gasteiger partial charge in [-0.05, 0) is 32.0 Å². The molecule has 2 aromatic rings. The molecule has 7 heteroatoms. The van der Waals surface area contributed by atoms with Gasteiger partial charge in [-0.2, -0.15) is 4.98 Å². The number of nitrogens with one attached hydrogen (secondary N) is 1. The fraction of sp³-hybridized carbons (Fsp3) is 0.467. The van der Waals surface area contributed by atoms with Crippen molar-refractivity contribution in [3.8, 4) is 0 Å². The number of hydrogen-bond acceptors (Lipinski definition) is 5. The predicted molar refractivity (Wildman–Crippen MR) is 86.3 cm³/mol. The summed E-state index contributed by atoms with van der Waals surface area (Å²) >= 11 is 0. The Bertz CT molecular complexity index is 673. The van der Waals surface area contributed by atoms with Crippen LogP contribution in [0.4, 0.5) is 16.5 Å². The number of urea groups is 1. The second-order valence-electron chi connectivity index (χ2n) is 6.17. The van der Waals surface area contributed by atoms with E-state index in [0.717, 1.165) is 0 Å². The first-order valence-electron chi connectivity index (χ1n) is 6.98. The first-order chi connectivity index (χ1) is 10.2. The van der Waals surface area contributed by atoms with Gasteiger partial charge in [0.05, 0.1) is 12.1 Å². The number of oxazole rings is 1. The summed E-state index contributed by atoms with van der Waals surface area (Å²) in [6, 6.07) is 5.49. The summed E-state index contributed by atoms with van der Waals surface area (Å²) in [5, 5.41) is 12.5. The maximum Gasteiger partial charge on any atom is 0.321 e. The lowest BCUT2D eigenvalue weighted by Crippen LogP contribution is -2.41. The number of carbonyl (C=O) groups excluding carboxylic acids is 1. The average molecular weight is 306 g/mol. The second-order valence-corrected chi connectivity index (χ2v) is 6.17. The van der Waals surface area contributed by atoms with E-state index in [2.05, 4.69) is 10.3 Å². The van der Waals surface area contributed by atoms with Crippen LogP contribution >= 0.6 is 0 Å². The van der Waals surface area contributed by atoms with E-state index in [-0.39, 0.29) is 12.6 Å². The van der Waals surface area contributed by atoms with Crippen LogP contribution in [-0.4, -0.2) is 54.3 Å². The van der Waals surface area contributed by atoms with Crippen LogP contribution in [-0.2, 0) is 0 Å². The molecule has 2 rings (SSSR count). The molecule has 0 aliphatic rings. The Morgan fingerprint density at radius 3 is 2.64 bits per heavy atom. The number of hydrogen-bond donors (Lipinski definition) is 2. The molecule has 0 spiro atoms. The highest BCUT2D eigenvalue weighted by Gasteiger charge is 2.19. The Labute approximate surface area is 129 Å². The smallest absolute Gasteiger partial charge is 0.321 e. The first-order valence-corrected chi connectivity index (χ1v) is 6.98. The van der Waals surface area contributed by atoms with Crippen LogP contribution < -0.4 is 10.2 Å². The molecule has 0 saturated carbocycles. The van der Waals surface area contributed by atoms with Gasteiger partial charge in [-0.15, -0.1) is 0 Å². The molecule has 0 radical (unpaired) electrons. The quantitative estimate of drug-likeness (QED) is 0.904. The monoisotopic (exact) mass is 306 g/mol. The number of benzene rings is 1. The standard InChI is InChI=1S/C15H22N4O3/c1-15(2,21)9-19(5)13(20)16-10-6-7-12-11(8-10)17-14(22-12)18(3)4/h6-8,21H,9H2,1-5H3,(H,16,20). The van der Waals surface area contributed by atoms with Gasteiger partial charge in [-0.25, -0.2) is 4.79 Å². The Hall–Kier alpha value is -2.28. The number of nitrogens with zero attached hydrogens (tertiary/aromatic N) is 3. The van der Waals surface area contributed by atoms with E-state index in [0.29, 0.717) is 22.8 Å². The summed E-state index contributed by atoms with van der Waals surface area (Å²) in [4.78, 5) is 19.6. The number of carbonyl (C=O) groups is 1. The fourth-order valence-electron chi connectivity index (χ4n) is 2.06. The minimum Gasteiger partial charge on any atom is -0.423 e. The molecular weight excluding hydrogens is 284 g/mol. The lowest BCUT2D eigenvalue weighted by molar-refractivity contribution is 0.0550. The van der Waals surface area contributed by atoms with Gasteiger partial charge in [0.1, 0.15) is 5.52 Å². The molecule has 1 aromatic carbocycles. The van der Waals surface area contributed by atoms with Crippen molar-refractivity contribution in [3.05, 3.63) is 18.2 Å². The average Bonchev–Trinajstić information content (AvgIpc) is 2.79. The van der Waals surface area contributed by atoms with Crippen molar-refractivity contribution >= 4 is 28.8 Å². The van der Waals surface area contributed by atoms with Gasteiger partial charge in [-0.3, -0.25) is 0 Å². The van der Waals surface area contributed by atoms with Gasteiger partial charge in [0.25, 0.3) is 6.01 Å². The summed E-state index contributed by atoms with van der Waals surface area (Å²) in [5.74, 6) is 0. The minimum absolute atomic E-state index is 0.232. The van der Waals surface area contributed by atoms with Gasteiger partial charge in [-0.1, -0.05) is 0 Å². The van der Waals surface area contributed by atoms with Crippen molar-refractivity contribution in [2.24, 2.45) is 0 Å². The summed E-state index contributed by atoms with van der Waals surface area (Å²) in [7, 11) is 5.32. The lowest BCUT2D eigenvalue weighted by atomic mass is 10.1. The maximum atomic E-state index is 12.1. The Morgan fingerprint density at radius 2 is 2.05 bits per heavy atom. The molecule has 0 atom stereocenters. The molecule has 0 bridgehead atoms. The SMILES string of the molecule is CN(CC(C)(C)O)C(=O)Nc1ccc2oc(N(C)C)nc2c1. The van der Waals surface area contributed by atoms with Crippen molar-refractivity contribution < 1.29 is 14.3 Å². The van der Waals surface area contributed by atoms with Crippen LogP contribution in [0.1, 0.15) is 13.8 Å². The molecule has 1 heterocycles. The highest BCUT2D eigenvalue weighted by molar-refractivity contribution is 5.91. The van der Waals surface area contributed by atoms with E-state index in [1.54, 1.807) is 44.0 Å². The zero-order valence-corrected chi connectivity index (χ0v) is 13.5. The highest BCUT2D eigenvalue weighted by atomic mass is 16.4. The van der Waals surface area contributed by atoms with Gasteiger partial charge >= 0.3 is 6.03 Å². The molecular formula is C15H22N4O3. The van der Waals surface area contributed by atoms with Crippen LogP contribution in [0, 0.1) is 0 Å². The van der Waals surface area contributed by atoms with Crippen molar-refractivity contribution in [2.45, 2.75) is 19.4 Å². The van der Waals surface area contributed by atoms with Crippen molar-refractivity contribution in [1.82, 2.24) is 9.88 Å². The van der Waals surface area contributed by atoms with Crippen molar-refractivity contribution in [3.63, 3.8) is 0 Å². The van der Waals surface area contributed by atoms with E-state index in [4.69, 9.17) is 4.42 Å². The third kappa shape index (κ3) is 3.88. The number of fused-ring (bicyclic) bond motifs is 1. The zero-order valence-electron chi connectivity index (χ0n) is 13.5. The molecule has 1 aromatic heterocycles. The topological polar surface area (TPSA) is 81.8 Å². The maximum absolute atomic E-state index is 12.1. The van der Waals surface area contributed by atoms with Crippen LogP contribution in [0.2, 0.25) is 0 Å². The number of aromatic nitrogens is 1. The van der Waals surface area contributed by atoms with E-state index < -0.39 is 5.60 Å². The van der Waals surface area contributed by atoms with Gasteiger partial charge < -0.3 is 24.6 Å². The summed E-state index contributed by atoms with van der Waals surface area (Å²) in [6.07, 6.45) is 0. The number of likely N-dealkylation sites (N-methyl/N-ethyl adjacent to an activating group) is 1. The van der Waals surface area contributed by atoms with Crippen LogP contribution in [0.5, 0.6) is 0 Å². The molecule has 7 nitrogen and oxygen atoms in total. The molecule has 0 unspecified atom stereocenters. The van der Waals surface area contributed by atoms with Gasteiger partial charge in [0.2, 0.25) is 0 Å². The van der Waals surface area contributed by atoms with Crippen molar-refractivity contribution in [1.29, 1.82) is 0 Å². The van der Waals surface area contributed by atoms with Gasteiger partial charge in [0.15, 0.2) is 5.58 Å². The normalized spacial score (nSPS) is 11.5. The van der Waals surface area contributed by atoms with Gasteiger partial charge in [0, 0.05) is 26.8 Å². The Kier molecular flexibility index (Phi) is 4.27. The number of amides is 2. The predicted octanol–water partition coefficient (Wildman–Crippen LogP) is 2.13. The van der Waals surface area contributed by atoms with E-state index in [1.165, 1.54) is 4.90 Å². The van der Waals surface area contributed by atoms with E-state index >= 15 is 0 Å². The minimum atomic E-state index is -0.942. The molecule has 0 saturated heterocycles. The first kappa shape index (κ1) is 16.1. The summed E-state index contributed by atoms with van der Waals surface area (Å²) in [6.45, 7) is 3.54. The molecule has 2 N–H and O–H groups in total. The molecule has 120 valence electrons. The molecule has 22 heavy (non-hydrogen) atoms. The van der Waals surface area contributed by atoms with Crippen LogP contribution in [0.3, 0.4) is 0 Å². The summed E-state index contributed by atoms with van der Waals surface area (Å²) in [5.41, 5.74) is 1.01. The van der Waals surface area contributed by atoms with E-state index in [9.17, 15) is 9.90 Å². The Balaban J connectivity index is 2.12. The van der Waals surface area contributed by atoms with Crippen molar-refractivity contribution in [2.75, 3.05) is 37.9 Å². The number of anilines is 2.